The molecule has 0 nitrogen and oxygen atoms in total. The maximum Gasteiger partial charge on any atom is 0.0193 e. The predicted octanol–water partition coefficient (Wildman–Crippen LogP) is 12.3. The average molecular weight is 919 g/mol. The van der Waals surface area contributed by atoms with Gasteiger partial charge in [0.05, 0.1) is 0 Å². The molecular weight excluding hydrogens is 870 g/mol. The quantitative estimate of drug-likeness (QED) is 0.0897. The van der Waals surface area contributed by atoms with Crippen molar-refractivity contribution in [2.75, 3.05) is 0 Å². The van der Waals surface area contributed by atoms with Crippen molar-refractivity contribution in [1.82, 2.24) is 0 Å². The van der Waals surface area contributed by atoms with E-state index < -0.39 is 15.8 Å². The van der Waals surface area contributed by atoms with Gasteiger partial charge in [-0.25, -0.2) is 0 Å². The summed E-state index contributed by atoms with van der Waals surface area (Å²) < 4.78 is 0. The molecule has 0 aromatic heterocycles. The van der Waals surface area contributed by atoms with Crippen LogP contribution in [0.4, 0.5) is 0 Å². The fourth-order valence-electron chi connectivity index (χ4n) is 7.93. The predicted molar refractivity (Wildman–Crippen MR) is 258 cm³/mol. The molecule has 0 N–H and O–H groups in total. The van der Waals surface area contributed by atoms with Crippen molar-refractivity contribution in [1.29, 1.82) is 0 Å². The molecule has 0 bridgehead atoms. The Hall–Kier alpha value is -2.78. The summed E-state index contributed by atoms with van der Waals surface area (Å²) >= 11 is 0. The van der Waals surface area contributed by atoms with Crippen molar-refractivity contribution in [2.24, 2.45) is 0 Å². The van der Waals surface area contributed by atoms with E-state index in [1.54, 1.807) is 0 Å². The summed E-state index contributed by atoms with van der Waals surface area (Å²) in [7, 11) is -1.57. The molecule has 0 aliphatic heterocycles. The Bertz CT molecular complexity index is 1810. The van der Waals surface area contributed by atoms with E-state index in [1.807, 2.05) is 64.2 Å². The summed E-state index contributed by atoms with van der Waals surface area (Å²) in [5.41, 5.74) is 3.04. The van der Waals surface area contributed by atoms with Gasteiger partial charge in [-0.15, -0.1) is 0 Å². The summed E-state index contributed by atoms with van der Waals surface area (Å²) in [5, 5.41) is 5.54. The minimum atomic E-state index is -0.783. The normalized spacial score (nSPS) is 17.9. The van der Waals surface area contributed by atoms with Gasteiger partial charge >= 0.3 is 0 Å². The number of hydrogen-bond donors (Lipinski definition) is 0. The molecule has 0 amide bonds. The molecule has 62 heavy (non-hydrogen) atoms. The van der Waals surface area contributed by atoms with Crippen LogP contribution in [0.25, 0.3) is 0 Å². The van der Waals surface area contributed by atoms with E-state index in [0.29, 0.717) is 0 Å². The zero-order chi connectivity index (χ0) is 40.6. The Labute approximate surface area is 399 Å². The molecule has 6 aromatic carbocycles. The summed E-state index contributed by atoms with van der Waals surface area (Å²) in [6.07, 6.45) is 34.1. The van der Waals surface area contributed by atoms with E-state index in [-0.39, 0.29) is 45.5 Å². The Morgan fingerprint density at radius 3 is 0.710 bits per heavy atom. The van der Waals surface area contributed by atoms with Crippen LogP contribution in [0.5, 0.6) is 0 Å². The van der Waals surface area contributed by atoms with Gasteiger partial charge in [-0.05, 0) is 175 Å². The van der Waals surface area contributed by atoms with Crippen LogP contribution in [0.15, 0.2) is 182 Å². The fourth-order valence-corrected chi connectivity index (χ4v) is 13.6. The first kappa shape index (κ1) is 48.7. The van der Waals surface area contributed by atoms with Crippen LogP contribution in [0.1, 0.15) is 22.4 Å². The second kappa shape index (κ2) is 26.2. The molecule has 4 fully saturated rings. The van der Waals surface area contributed by atoms with Gasteiger partial charge in [-0.3, -0.25) is 0 Å². The Balaban J connectivity index is 0.000000471. The van der Waals surface area contributed by atoms with Crippen LogP contribution in [0.2, 0.25) is 0 Å². The van der Waals surface area contributed by atoms with Crippen LogP contribution in [0.3, 0.4) is 0 Å². The molecule has 4 saturated carbocycles. The number of rotatable bonds is 11. The Kier molecular flexibility index (Phi) is 20.6. The van der Waals surface area contributed by atoms with Gasteiger partial charge in [0.1, 0.15) is 0 Å². The third-order valence-electron chi connectivity index (χ3n) is 10.6. The van der Waals surface area contributed by atoms with Crippen molar-refractivity contribution in [3.63, 3.8) is 0 Å². The van der Waals surface area contributed by atoms with Crippen LogP contribution < -0.4 is 21.2 Å². The molecule has 10 rings (SSSR count). The second-order valence-corrected chi connectivity index (χ2v) is 19.0. The topological polar surface area (TPSA) is 0 Å². The minimum absolute atomic E-state index is 0. The van der Waals surface area contributed by atoms with E-state index in [1.165, 1.54) is 56.0 Å². The van der Waals surface area contributed by atoms with E-state index in [2.05, 4.69) is 221 Å². The molecule has 4 aliphatic carbocycles. The molecule has 0 spiro atoms. The molecule has 2 atom stereocenters. The van der Waals surface area contributed by atoms with Crippen molar-refractivity contribution in [3.05, 3.63) is 320 Å². The van der Waals surface area contributed by atoms with Gasteiger partial charge in [0.25, 0.3) is 0 Å². The third kappa shape index (κ3) is 12.7. The minimum Gasteiger partial charge on any atom is -0.0622 e. The van der Waals surface area contributed by atoms with Gasteiger partial charge in [-0.2, -0.15) is 0 Å². The van der Waals surface area contributed by atoms with Crippen LogP contribution in [-0.2, 0) is 34.1 Å². The van der Waals surface area contributed by atoms with E-state index in [9.17, 15) is 0 Å². The number of hydrogen-bond acceptors (Lipinski definition) is 0. The molecular formula is C58H48Fe2P2. The van der Waals surface area contributed by atoms with E-state index in [4.69, 9.17) is 0 Å². The van der Waals surface area contributed by atoms with Gasteiger partial charge in [0.2, 0.25) is 0 Å². The van der Waals surface area contributed by atoms with Crippen LogP contribution in [-0.4, -0.2) is 0 Å². The summed E-state index contributed by atoms with van der Waals surface area (Å²) in [6, 6.07) is 67.0. The van der Waals surface area contributed by atoms with Gasteiger partial charge in [0, 0.05) is 45.5 Å². The molecule has 306 valence electrons. The molecule has 0 saturated heterocycles. The van der Waals surface area contributed by atoms with Crippen molar-refractivity contribution in [2.45, 2.75) is 11.3 Å². The first-order valence-electron chi connectivity index (χ1n) is 20.6. The van der Waals surface area contributed by atoms with Crippen molar-refractivity contribution >= 4 is 37.1 Å². The molecule has 6 aromatic rings. The smallest absolute Gasteiger partial charge is 0.0193 e. The largest absolute Gasteiger partial charge is 0.0622 e. The zero-order valence-corrected chi connectivity index (χ0v) is 38.3. The maximum absolute atomic E-state index is 2.39. The van der Waals surface area contributed by atoms with Gasteiger partial charge in [0.15, 0.2) is 0 Å². The molecule has 20 radical (unpaired) electrons. The summed E-state index contributed by atoms with van der Waals surface area (Å²) in [4.78, 5) is 0. The standard InChI is InChI=1S/C48H38P2.2C5H5.2Fe/c1-7-21-37(22-8-1)47(49(39-25-11-3-12-26-39)40-27-13-4-14-28-40)45-35-19-33-43(45)44-34-20-36-46(44)48(38-23-9-2-10-24-38)50(41-29-15-5-16-30-41)42-31-17-6-18-32-42;2*1-2-4-5-3-1;;/h1-36,47-48H;2*1-5H;;/t47-,48-;;;;/m1..../s1. The van der Waals surface area contributed by atoms with E-state index in [0.717, 1.165) is 0 Å². The van der Waals surface area contributed by atoms with Crippen LogP contribution in [0, 0.1) is 126 Å². The van der Waals surface area contributed by atoms with Gasteiger partial charge in [-0.1, -0.05) is 182 Å². The van der Waals surface area contributed by atoms with E-state index >= 15 is 0 Å². The zero-order valence-electron chi connectivity index (χ0n) is 34.3. The van der Waals surface area contributed by atoms with Crippen molar-refractivity contribution in [3.8, 4) is 0 Å². The molecule has 0 unspecified atom stereocenters. The maximum atomic E-state index is 2.39. The summed E-state index contributed by atoms with van der Waals surface area (Å²) in [5.74, 6) is 5.43. The molecule has 4 heteroatoms. The first-order chi connectivity index (χ1) is 29.9. The third-order valence-corrected chi connectivity index (χ3v) is 16.2. The fraction of sp³-hybridized carbons (Fsp3) is 0.0345. The Morgan fingerprint density at radius 2 is 0.468 bits per heavy atom. The monoisotopic (exact) mass is 918 g/mol. The second-order valence-electron chi connectivity index (χ2n) is 14.4. The van der Waals surface area contributed by atoms with Crippen LogP contribution >= 0.6 is 15.8 Å². The van der Waals surface area contributed by atoms with Crippen molar-refractivity contribution < 1.29 is 34.1 Å². The molecule has 4 aliphatic rings. The number of benzene rings is 6. The average Bonchev–Trinajstić information content (AvgIpc) is 4.20. The van der Waals surface area contributed by atoms with Gasteiger partial charge < -0.3 is 0 Å². The summed E-state index contributed by atoms with van der Waals surface area (Å²) in [6.45, 7) is 0. The Morgan fingerprint density at radius 1 is 0.242 bits per heavy atom. The SMILES string of the molecule is [CH]1[CH][CH][CH][CH]1.[CH]1[CH][CH][CH][CH]1.[CH]1[CH][C]([C]2[CH][CH][CH][C]2[C@@H](c2ccccc2)P(c2ccccc2)c2ccccc2)[C]([C@@H](c2ccccc2)P(c2ccccc2)c2ccccc2)[CH]1.[Fe].[Fe]. The molecule has 0 heterocycles. The first-order valence-corrected chi connectivity index (χ1v) is 23.4.